The average Bonchev–Trinajstić information content (AvgIpc) is 3.28. The van der Waals surface area contributed by atoms with Gasteiger partial charge in [-0.3, -0.25) is 9.59 Å². The van der Waals surface area contributed by atoms with Crippen LogP contribution in [0.5, 0.6) is 11.5 Å². The summed E-state index contributed by atoms with van der Waals surface area (Å²) in [5.74, 6) is 0.823. The largest absolute Gasteiger partial charge is 0.455 e. The fourth-order valence-corrected chi connectivity index (χ4v) is 4.52. The number of hydrogen-bond acceptors (Lipinski definition) is 3. The van der Waals surface area contributed by atoms with Crippen LogP contribution in [0.2, 0.25) is 0 Å². The first-order valence-electron chi connectivity index (χ1n) is 11.6. The fourth-order valence-electron chi connectivity index (χ4n) is 4.52. The number of aryl methyl sites for hydroxylation is 5. The van der Waals surface area contributed by atoms with E-state index in [0.717, 1.165) is 11.1 Å². The summed E-state index contributed by atoms with van der Waals surface area (Å²) in [6.45, 7) is 5.62. The highest BCUT2D eigenvalue weighted by molar-refractivity contribution is 5.98. The Kier molecular flexibility index (Phi) is 5.63. The second-order valence-electron chi connectivity index (χ2n) is 9.19. The van der Waals surface area contributed by atoms with Gasteiger partial charge in [-0.05, 0) is 49.6 Å². The molecule has 7 heteroatoms. The molecular formula is C29H26FN3O3. The number of halogens is 1. The van der Waals surface area contributed by atoms with E-state index < -0.39 is 0 Å². The lowest BCUT2D eigenvalue weighted by atomic mass is 10.0. The highest BCUT2D eigenvalue weighted by Gasteiger charge is 2.20. The molecule has 0 aliphatic rings. The van der Waals surface area contributed by atoms with E-state index in [1.54, 1.807) is 57.7 Å². The molecule has 3 heterocycles. The van der Waals surface area contributed by atoms with Gasteiger partial charge in [0, 0.05) is 54.1 Å². The standard InChI is InChI=1S/C29H26FN3O3/c1-16-8-7-11-19(26(16)30)23-12-21-22(14-33(5)29(35)27(21)31-23)20-13-25(34)32(4)15-24(20)36-28-17(2)9-6-10-18(28)3/h6-15,31H,1-5H3. The molecule has 0 saturated carbocycles. The summed E-state index contributed by atoms with van der Waals surface area (Å²) >= 11 is 0. The molecule has 0 spiro atoms. The molecule has 6 nitrogen and oxygen atoms in total. The molecule has 0 fully saturated rings. The predicted molar refractivity (Wildman–Crippen MR) is 140 cm³/mol. The normalized spacial score (nSPS) is 11.3. The maximum atomic E-state index is 14.9. The van der Waals surface area contributed by atoms with Crippen molar-refractivity contribution in [3.05, 3.63) is 104 Å². The van der Waals surface area contributed by atoms with Gasteiger partial charge < -0.3 is 18.9 Å². The van der Waals surface area contributed by atoms with Crippen molar-refractivity contribution in [2.45, 2.75) is 20.8 Å². The maximum Gasteiger partial charge on any atom is 0.274 e. The van der Waals surface area contributed by atoms with Crippen molar-refractivity contribution in [2.24, 2.45) is 14.1 Å². The van der Waals surface area contributed by atoms with Crippen LogP contribution in [0.3, 0.4) is 0 Å². The molecule has 0 bridgehead atoms. The number of nitrogens with zero attached hydrogens (tertiary/aromatic N) is 2. The van der Waals surface area contributed by atoms with Gasteiger partial charge in [0.25, 0.3) is 11.1 Å². The van der Waals surface area contributed by atoms with Crippen LogP contribution in [-0.2, 0) is 14.1 Å². The molecule has 0 saturated heterocycles. The Hall–Kier alpha value is -4.39. The summed E-state index contributed by atoms with van der Waals surface area (Å²) in [7, 11) is 3.31. The number of benzene rings is 2. The quantitative estimate of drug-likeness (QED) is 0.354. The fraction of sp³-hybridized carbons (Fsp3) is 0.172. The third kappa shape index (κ3) is 3.82. The van der Waals surface area contributed by atoms with E-state index in [-0.39, 0.29) is 16.9 Å². The molecule has 2 aromatic carbocycles. The Labute approximate surface area is 207 Å². The molecule has 0 radical (unpaired) electrons. The van der Waals surface area contributed by atoms with Crippen molar-refractivity contribution >= 4 is 10.9 Å². The van der Waals surface area contributed by atoms with Gasteiger partial charge in [-0.2, -0.15) is 0 Å². The molecule has 36 heavy (non-hydrogen) atoms. The van der Waals surface area contributed by atoms with Crippen molar-refractivity contribution in [1.82, 2.24) is 14.1 Å². The highest BCUT2D eigenvalue weighted by atomic mass is 19.1. The molecule has 5 rings (SSSR count). The topological polar surface area (TPSA) is 69.0 Å². The van der Waals surface area contributed by atoms with E-state index in [0.29, 0.717) is 50.3 Å². The van der Waals surface area contributed by atoms with Crippen molar-refractivity contribution in [1.29, 1.82) is 0 Å². The predicted octanol–water partition coefficient (Wildman–Crippen LogP) is 5.76. The number of aromatic amines is 1. The third-order valence-corrected chi connectivity index (χ3v) is 6.55. The van der Waals surface area contributed by atoms with E-state index in [4.69, 9.17) is 4.74 Å². The van der Waals surface area contributed by atoms with Crippen LogP contribution in [-0.4, -0.2) is 14.1 Å². The summed E-state index contributed by atoms with van der Waals surface area (Å²) in [5.41, 5.74) is 4.29. The number of ether oxygens (including phenoxy) is 1. The summed E-state index contributed by atoms with van der Waals surface area (Å²) in [5, 5.41) is 0.577. The zero-order valence-corrected chi connectivity index (χ0v) is 20.8. The van der Waals surface area contributed by atoms with Gasteiger partial charge in [-0.25, -0.2) is 4.39 Å². The Bertz CT molecular complexity index is 1760. The Morgan fingerprint density at radius 2 is 1.47 bits per heavy atom. The van der Waals surface area contributed by atoms with Gasteiger partial charge >= 0.3 is 0 Å². The number of fused-ring (bicyclic) bond motifs is 1. The molecule has 0 atom stereocenters. The number of para-hydroxylation sites is 1. The Morgan fingerprint density at radius 3 is 2.19 bits per heavy atom. The molecule has 0 aliphatic carbocycles. The maximum absolute atomic E-state index is 14.9. The molecule has 3 aromatic heterocycles. The van der Waals surface area contributed by atoms with Crippen LogP contribution >= 0.6 is 0 Å². The van der Waals surface area contributed by atoms with Crippen LogP contribution in [0.15, 0.2) is 70.5 Å². The molecule has 1 N–H and O–H groups in total. The summed E-state index contributed by atoms with van der Waals surface area (Å²) < 4.78 is 24.2. The zero-order chi connectivity index (χ0) is 25.7. The van der Waals surface area contributed by atoms with Crippen LogP contribution in [0.1, 0.15) is 16.7 Å². The van der Waals surface area contributed by atoms with Crippen LogP contribution in [0.25, 0.3) is 33.3 Å². The minimum atomic E-state index is -0.352. The van der Waals surface area contributed by atoms with E-state index in [9.17, 15) is 14.0 Å². The Morgan fingerprint density at radius 1 is 0.806 bits per heavy atom. The SMILES string of the molecule is Cc1cccc(-c2cc3c(-c4cc(=O)n(C)cc4Oc4c(C)cccc4C)cn(C)c(=O)c3[nH]2)c1F. The minimum Gasteiger partial charge on any atom is -0.455 e. The van der Waals surface area contributed by atoms with Crippen LogP contribution < -0.4 is 15.9 Å². The monoisotopic (exact) mass is 483 g/mol. The first-order valence-corrected chi connectivity index (χ1v) is 11.6. The highest BCUT2D eigenvalue weighted by Crippen LogP contribution is 2.38. The van der Waals surface area contributed by atoms with Crippen molar-refractivity contribution in [2.75, 3.05) is 0 Å². The molecule has 182 valence electrons. The van der Waals surface area contributed by atoms with Gasteiger partial charge in [0.15, 0.2) is 5.75 Å². The Balaban J connectivity index is 1.79. The molecule has 0 unspecified atom stereocenters. The van der Waals surface area contributed by atoms with Gasteiger partial charge in [0.1, 0.15) is 17.1 Å². The molecular weight excluding hydrogens is 457 g/mol. The lowest BCUT2D eigenvalue weighted by molar-refractivity contribution is 0.470. The smallest absolute Gasteiger partial charge is 0.274 e. The number of hydrogen-bond donors (Lipinski definition) is 1. The molecule has 5 aromatic rings. The minimum absolute atomic E-state index is 0.221. The van der Waals surface area contributed by atoms with Crippen LogP contribution in [0.4, 0.5) is 4.39 Å². The van der Waals surface area contributed by atoms with Crippen molar-refractivity contribution < 1.29 is 9.13 Å². The van der Waals surface area contributed by atoms with Crippen molar-refractivity contribution in [3.8, 4) is 33.9 Å². The first-order chi connectivity index (χ1) is 17.2. The van der Waals surface area contributed by atoms with Crippen molar-refractivity contribution in [3.63, 3.8) is 0 Å². The zero-order valence-electron chi connectivity index (χ0n) is 20.8. The van der Waals surface area contributed by atoms with E-state index in [2.05, 4.69) is 4.98 Å². The van der Waals surface area contributed by atoms with Gasteiger partial charge in [-0.1, -0.05) is 30.3 Å². The number of H-pyrrole nitrogens is 1. The van der Waals surface area contributed by atoms with Gasteiger partial charge in [-0.15, -0.1) is 0 Å². The number of pyridine rings is 2. The summed E-state index contributed by atoms with van der Waals surface area (Å²) in [4.78, 5) is 28.9. The number of nitrogens with one attached hydrogen (secondary N) is 1. The summed E-state index contributed by atoms with van der Waals surface area (Å²) in [6.07, 6.45) is 3.33. The molecule has 0 amide bonds. The lowest BCUT2D eigenvalue weighted by Gasteiger charge is -2.17. The molecule has 0 aliphatic heterocycles. The lowest BCUT2D eigenvalue weighted by Crippen LogP contribution is -2.18. The van der Waals surface area contributed by atoms with E-state index in [1.165, 1.54) is 15.2 Å². The second kappa shape index (κ2) is 8.68. The number of rotatable bonds is 4. The third-order valence-electron chi connectivity index (χ3n) is 6.55. The van der Waals surface area contributed by atoms with Crippen LogP contribution in [0, 0.1) is 26.6 Å². The van der Waals surface area contributed by atoms with Gasteiger partial charge in [0.2, 0.25) is 0 Å². The second-order valence-corrected chi connectivity index (χ2v) is 9.19. The van der Waals surface area contributed by atoms with E-state index >= 15 is 0 Å². The van der Waals surface area contributed by atoms with Gasteiger partial charge in [0.05, 0.1) is 6.20 Å². The summed E-state index contributed by atoms with van der Waals surface area (Å²) in [6, 6.07) is 14.3. The number of aromatic nitrogens is 3. The first kappa shape index (κ1) is 23.4. The van der Waals surface area contributed by atoms with E-state index in [1.807, 2.05) is 32.0 Å². The average molecular weight is 484 g/mol.